The standard InChI is InChI=1S/C10H18N2O4S/c13-9(14)6-10(7-11-8-10)12-2-1-4-17(15,16)5-3-12/h11H,1-8H2,(H,13,14). The second-order valence-corrected chi connectivity index (χ2v) is 7.19. The molecular formula is C10H18N2O4S. The van der Waals surface area contributed by atoms with E-state index in [1.165, 1.54) is 0 Å². The number of nitrogens with zero attached hydrogens (tertiary/aromatic N) is 1. The van der Waals surface area contributed by atoms with Crippen LogP contribution in [0.2, 0.25) is 0 Å². The Morgan fingerprint density at radius 2 is 2.00 bits per heavy atom. The largest absolute Gasteiger partial charge is 0.481 e. The molecule has 98 valence electrons. The average molecular weight is 262 g/mol. The fraction of sp³-hybridized carbons (Fsp3) is 0.900. The molecule has 2 aliphatic heterocycles. The number of carboxylic acid groups (broad SMARTS) is 1. The van der Waals surface area contributed by atoms with Gasteiger partial charge in [-0.3, -0.25) is 9.69 Å². The molecule has 0 amide bonds. The highest BCUT2D eigenvalue weighted by atomic mass is 32.2. The maximum absolute atomic E-state index is 11.5. The number of hydrogen-bond acceptors (Lipinski definition) is 5. The Kier molecular flexibility index (Phi) is 3.42. The number of rotatable bonds is 3. The van der Waals surface area contributed by atoms with Gasteiger partial charge in [-0.05, 0) is 13.0 Å². The molecular weight excluding hydrogens is 244 g/mol. The molecule has 0 bridgehead atoms. The lowest BCUT2D eigenvalue weighted by Gasteiger charge is -2.49. The summed E-state index contributed by atoms with van der Waals surface area (Å²) in [6.07, 6.45) is 0.684. The molecule has 0 aromatic heterocycles. The molecule has 17 heavy (non-hydrogen) atoms. The molecule has 0 aliphatic carbocycles. The van der Waals surface area contributed by atoms with Gasteiger partial charge in [0.1, 0.15) is 0 Å². The Balaban J connectivity index is 2.07. The molecule has 0 atom stereocenters. The third-order valence-corrected chi connectivity index (χ3v) is 5.33. The first kappa shape index (κ1) is 12.8. The summed E-state index contributed by atoms with van der Waals surface area (Å²) in [6, 6.07) is 0. The minimum absolute atomic E-state index is 0.0834. The smallest absolute Gasteiger partial charge is 0.305 e. The summed E-state index contributed by atoms with van der Waals surface area (Å²) in [4.78, 5) is 12.9. The lowest BCUT2D eigenvalue weighted by atomic mass is 9.86. The normalized spacial score (nSPS) is 28.0. The Hall–Kier alpha value is -0.660. The van der Waals surface area contributed by atoms with Crippen molar-refractivity contribution in [2.45, 2.75) is 18.4 Å². The van der Waals surface area contributed by atoms with Crippen molar-refractivity contribution < 1.29 is 18.3 Å². The summed E-state index contributed by atoms with van der Waals surface area (Å²) >= 11 is 0. The monoisotopic (exact) mass is 262 g/mol. The summed E-state index contributed by atoms with van der Waals surface area (Å²) in [5.74, 6) is -0.451. The fourth-order valence-electron chi connectivity index (χ4n) is 2.57. The van der Waals surface area contributed by atoms with E-state index < -0.39 is 15.8 Å². The summed E-state index contributed by atoms with van der Waals surface area (Å²) in [7, 11) is -2.93. The zero-order chi connectivity index (χ0) is 12.5. The van der Waals surface area contributed by atoms with E-state index in [4.69, 9.17) is 5.11 Å². The van der Waals surface area contributed by atoms with E-state index in [2.05, 4.69) is 5.32 Å². The van der Waals surface area contributed by atoms with Gasteiger partial charge in [0.25, 0.3) is 0 Å². The number of carboxylic acids is 1. The second-order valence-electron chi connectivity index (χ2n) is 4.89. The molecule has 0 radical (unpaired) electrons. The maximum Gasteiger partial charge on any atom is 0.305 e. The van der Waals surface area contributed by atoms with Gasteiger partial charge in [-0.2, -0.15) is 0 Å². The minimum Gasteiger partial charge on any atom is -0.481 e. The van der Waals surface area contributed by atoms with E-state index in [1.54, 1.807) is 0 Å². The van der Waals surface area contributed by atoms with E-state index in [-0.39, 0.29) is 23.5 Å². The predicted molar refractivity (Wildman–Crippen MR) is 62.7 cm³/mol. The zero-order valence-corrected chi connectivity index (χ0v) is 10.5. The van der Waals surface area contributed by atoms with E-state index in [0.717, 1.165) is 0 Å². The molecule has 2 rings (SSSR count). The lowest BCUT2D eigenvalue weighted by molar-refractivity contribution is -0.141. The van der Waals surface area contributed by atoms with Crippen molar-refractivity contribution in [2.75, 3.05) is 37.7 Å². The van der Waals surface area contributed by atoms with Gasteiger partial charge in [-0.15, -0.1) is 0 Å². The van der Waals surface area contributed by atoms with Gasteiger partial charge < -0.3 is 10.4 Å². The van der Waals surface area contributed by atoms with E-state index >= 15 is 0 Å². The highest BCUT2D eigenvalue weighted by molar-refractivity contribution is 7.91. The molecule has 6 nitrogen and oxygen atoms in total. The molecule has 0 unspecified atom stereocenters. The van der Waals surface area contributed by atoms with Crippen LogP contribution in [0.15, 0.2) is 0 Å². The van der Waals surface area contributed by atoms with E-state index in [0.29, 0.717) is 32.6 Å². The Labute approximate surface area is 101 Å². The number of aliphatic carboxylic acids is 1. The van der Waals surface area contributed by atoms with Crippen molar-refractivity contribution in [1.82, 2.24) is 10.2 Å². The van der Waals surface area contributed by atoms with Gasteiger partial charge in [-0.1, -0.05) is 0 Å². The van der Waals surface area contributed by atoms with Crippen LogP contribution < -0.4 is 5.32 Å². The molecule has 2 fully saturated rings. The second kappa shape index (κ2) is 4.55. The fourth-order valence-corrected chi connectivity index (χ4v) is 3.84. The van der Waals surface area contributed by atoms with Crippen LogP contribution >= 0.6 is 0 Å². The summed E-state index contributed by atoms with van der Waals surface area (Å²) in [5, 5.41) is 12.0. The van der Waals surface area contributed by atoms with Crippen LogP contribution in [0.4, 0.5) is 0 Å². The number of carbonyl (C=O) groups is 1. The van der Waals surface area contributed by atoms with Crippen LogP contribution in [-0.2, 0) is 14.6 Å². The number of hydrogen-bond donors (Lipinski definition) is 2. The van der Waals surface area contributed by atoms with Crippen molar-refractivity contribution in [3.63, 3.8) is 0 Å². The molecule has 2 aliphatic rings. The third-order valence-electron chi connectivity index (χ3n) is 3.61. The molecule has 2 N–H and O–H groups in total. The molecule has 2 saturated heterocycles. The van der Waals surface area contributed by atoms with Crippen molar-refractivity contribution in [1.29, 1.82) is 0 Å². The maximum atomic E-state index is 11.5. The van der Waals surface area contributed by atoms with Gasteiger partial charge in [-0.25, -0.2) is 8.42 Å². The van der Waals surface area contributed by atoms with Crippen LogP contribution in [0, 0.1) is 0 Å². The third kappa shape index (κ3) is 2.78. The Morgan fingerprint density at radius 3 is 2.53 bits per heavy atom. The molecule has 0 aromatic carbocycles. The first-order chi connectivity index (χ1) is 7.94. The SMILES string of the molecule is O=C(O)CC1(N2CCCS(=O)(=O)CC2)CNC1. The van der Waals surface area contributed by atoms with Crippen LogP contribution in [0.1, 0.15) is 12.8 Å². The van der Waals surface area contributed by atoms with Crippen LogP contribution in [0.25, 0.3) is 0 Å². The van der Waals surface area contributed by atoms with Crippen LogP contribution in [-0.4, -0.2) is 67.6 Å². The summed E-state index contributed by atoms with van der Waals surface area (Å²) in [6.45, 7) is 2.41. The average Bonchev–Trinajstić information content (AvgIpc) is 2.33. The Bertz CT molecular complexity index is 403. The van der Waals surface area contributed by atoms with Crippen molar-refractivity contribution in [2.24, 2.45) is 0 Å². The highest BCUT2D eigenvalue weighted by Gasteiger charge is 2.44. The van der Waals surface area contributed by atoms with Gasteiger partial charge in [0, 0.05) is 19.6 Å². The van der Waals surface area contributed by atoms with Gasteiger partial charge in [0.2, 0.25) is 0 Å². The van der Waals surface area contributed by atoms with Crippen molar-refractivity contribution in [3.05, 3.63) is 0 Å². The summed E-state index contributed by atoms with van der Waals surface area (Å²) < 4.78 is 23.0. The number of sulfone groups is 1. The predicted octanol–water partition coefficient (Wildman–Crippen LogP) is -1.08. The van der Waals surface area contributed by atoms with Gasteiger partial charge in [0.05, 0.1) is 23.5 Å². The lowest BCUT2D eigenvalue weighted by Crippen LogP contribution is -2.70. The first-order valence-electron chi connectivity index (χ1n) is 5.82. The molecule has 0 aromatic rings. The molecule has 2 heterocycles. The highest BCUT2D eigenvalue weighted by Crippen LogP contribution is 2.26. The molecule has 7 heteroatoms. The molecule has 0 saturated carbocycles. The number of nitrogens with one attached hydrogen (secondary N) is 1. The van der Waals surface area contributed by atoms with Crippen LogP contribution in [0.3, 0.4) is 0 Å². The van der Waals surface area contributed by atoms with E-state index in [9.17, 15) is 13.2 Å². The van der Waals surface area contributed by atoms with Gasteiger partial charge >= 0.3 is 5.97 Å². The minimum atomic E-state index is -2.93. The Morgan fingerprint density at radius 1 is 1.29 bits per heavy atom. The first-order valence-corrected chi connectivity index (χ1v) is 7.64. The zero-order valence-electron chi connectivity index (χ0n) is 9.68. The van der Waals surface area contributed by atoms with E-state index in [1.807, 2.05) is 4.90 Å². The van der Waals surface area contributed by atoms with Gasteiger partial charge in [0.15, 0.2) is 9.84 Å². The van der Waals surface area contributed by atoms with Crippen molar-refractivity contribution >= 4 is 15.8 Å². The summed E-state index contributed by atoms with van der Waals surface area (Å²) in [5.41, 5.74) is -0.369. The topological polar surface area (TPSA) is 86.7 Å². The quantitative estimate of drug-likeness (QED) is 0.673. The van der Waals surface area contributed by atoms with Crippen molar-refractivity contribution in [3.8, 4) is 0 Å². The van der Waals surface area contributed by atoms with Crippen LogP contribution in [0.5, 0.6) is 0 Å². The molecule has 0 spiro atoms.